The van der Waals surface area contributed by atoms with Crippen molar-refractivity contribution in [2.24, 2.45) is 0 Å². The second-order valence-electron chi connectivity index (χ2n) is 8.01. The van der Waals surface area contributed by atoms with Gasteiger partial charge in [-0.3, -0.25) is 10.1 Å². The average Bonchev–Trinajstić information content (AvgIpc) is 3.26. The topological polar surface area (TPSA) is 76.4 Å². The number of carbonyl (C=O) groups is 1. The van der Waals surface area contributed by atoms with Crippen molar-refractivity contribution in [3.63, 3.8) is 0 Å². The van der Waals surface area contributed by atoms with E-state index in [4.69, 9.17) is 21.4 Å². The lowest BCUT2D eigenvalue weighted by atomic mass is 9.98. The number of amides is 1. The van der Waals surface area contributed by atoms with Crippen molar-refractivity contribution >= 4 is 71.9 Å². The lowest BCUT2D eigenvalue weighted by Crippen LogP contribution is -2.34. The Labute approximate surface area is 225 Å². The summed E-state index contributed by atoms with van der Waals surface area (Å²) in [5.74, 6) is 1.00. The molecular weight excluding hydrogens is 594 g/mol. The number of ether oxygens (including phenoxy) is 1. The van der Waals surface area contributed by atoms with Gasteiger partial charge in [0.1, 0.15) is 11.3 Å². The summed E-state index contributed by atoms with van der Waals surface area (Å²) < 4.78 is 12.7. The second kappa shape index (κ2) is 10.9. The number of carbonyl (C=O) groups excluding carboxylic acids is 1. The predicted molar refractivity (Wildman–Crippen MR) is 150 cm³/mol. The van der Waals surface area contributed by atoms with Crippen molar-refractivity contribution in [2.75, 3.05) is 12.4 Å². The molecule has 4 aromatic rings. The van der Waals surface area contributed by atoms with Crippen LogP contribution in [0.1, 0.15) is 42.1 Å². The first-order valence-corrected chi connectivity index (χ1v) is 12.9. The lowest BCUT2D eigenvalue weighted by molar-refractivity contribution is 0.0974. The number of hydrogen-bond acceptors (Lipinski definition) is 5. The van der Waals surface area contributed by atoms with Crippen molar-refractivity contribution in [2.45, 2.75) is 26.2 Å². The van der Waals surface area contributed by atoms with E-state index in [9.17, 15) is 4.79 Å². The Morgan fingerprint density at radius 3 is 2.71 bits per heavy atom. The monoisotopic (exact) mass is 615 g/mol. The standard InChI is InChI=1S/C26H23Br2N3O3S/c1-4-14(2)15-8-9-22-21(11-15)30-25(34-22)16-6-5-7-18(10-16)29-26(35)31-24(32)19-12-17(27)13-20(28)23(19)33-3/h5-14H,4H2,1-3H3,(H2,29,31,32,35). The molecule has 1 atom stereocenters. The third kappa shape index (κ3) is 5.74. The maximum atomic E-state index is 12.8. The molecule has 0 fully saturated rings. The molecule has 1 aromatic heterocycles. The molecule has 180 valence electrons. The quantitative estimate of drug-likeness (QED) is 0.217. The third-order valence-electron chi connectivity index (χ3n) is 5.64. The van der Waals surface area contributed by atoms with Crippen molar-refractivity contribution in [1.29, 1.82) is 0 Å². The van der Waals surface area contributed by atoms with Crippen LogP contribution in [0.3, 0.4) is 0 Å². The highest BCUT2D eigenvalue weighted by Gasteiger charge is 2.18. The van der Waals surface area contributed by atoms with E-state index in [1.807, 2.05) is 30.3 Å². The molecule has 6 nitrogen and oxygen atoms in total. The van der Waals surface area contributed by atoms with Gasteiger partial charge in [-0.25, -0.2) is 4.98 Å². The van der Waals surface area contributed by atoms with Gasteiger partial charge in [0.25, 0.3) is 5.91 Å². The minimum absolute atomic E-state index is 0.154. The smallest absolute Gasteiger partial charge is 0.261 e. The molecule has 4 rings (SSSR count). The van der Waals surface area contributed by atoms with Gasteiger partial charge in [0, 0.05) is 15.7 Å². The minimum atomic E-state index is -0.395. The fourth-order valence-corrected chi connectivity index (χ4v) is 5.21. The first-order chi connectivity index (χ1) is 16.8. The van der Waals surface area contributed by atoms with Crippen molar-refractivity contribution in [3.05, 3.63) is 74.7 Å². The highest BCUT2D eigenvalue weighted by Crippen LogP contribution is 2.33. The van der Waals surface area contributed by atoms with Gasteiger partial charge in [0.2, 0.25) is 5.89 Å². The predicted octanol–water partition coefficient (Wildman–Crippen LogP) is 7.67. The van der Waals surface area contributed by atoms with E-state index in [-0.39, 0.29) is 5.11 Å². The van der Waals surface area contributed by atoms with Gasteiger partial charge in [0.05, 0.1) is 17.1 Å². The Kier molecular flexibility index (Phi) is 7.88. The van der Waals surface area contributed by atoms with Crippen molar-refractivity contribution < 1.29 is 13.9 Å². The third-order valence-corrected chi connectivity index (χ3v) is 6.90. The fourth-order valence-electron chi connectivity index (χ4n) is 3.61. The lowest BCUT2D eigenvalue weighted by Gasteiger charge is -2.13. The van der Waals surface area contributed by atoms with Gasteiger partial charge in [-0.1, -0.05) is 41.9 Å². The van der Waals surface area contributed by atoms with E-state index < -0.39 is 5.91 Å². The van der Waals surface area contributed by atoms with Crippen LogP contribution in [0.2, 0.25) is 0 Å². The molecule has 3 aromatic carbocycles. The number of aromatic nitrogens is 1. The number of nitrogens with zero attached hydrogens (tertiary/aromatic N) is 1. The van der Waals surface area contributed by atoms with Crippen LogP contribution in [0, 0.1) is 0 Å². The van der Waals surface area contributed by atoms with Gasteiger partial charge >= 0.3 is 0 Å². The molecule has 1 unspecified atom stereocenters. The van der Waals surface area contributed by atoms with Gasteiger partial charge < -0.3 is 14.5 Å². The molecule has 1 amide bonds. The van der Waals surface area contributed by atoms with Crippen LogP contribution in [-0.4, -0.2) is 23.1 Å². The van der Waals surface area contributed by atoms with Gasteiger partial charge in [0.15, 0.2) is 10.7 Å². The molecule has 0 radical (unpaired) electrons. The molecule has 9 heteroatoms. The molecule has 0 aliphatic heterocycles. The van der Waals surface area contributed by atoms with E-state index >= 15 is 0 Å². The molecule has 1 heterocycles. The number of nitrogens with one attached hydrogen (secondary N) is 2. The van der Waals surface area contributed by atoms with Gasteiger partial charge in [-0.15, -0.1) is 0 Å². The zero-order valence-corrected chi connectivity index (χ0v) is 23.3. The molecule has 2 N–H and O–H groups in total. The number of hydrogen-bond donors (Lipinski definition) is 2. The number of anilines is 1. The van der Waals surface area contributed by atoms with Crippen molar-refractivity contribution in [3.8, 4) is 17.2 Å². The van der Waals surface area contributed by atoms with Crippen LogP contribution >= 0.6 is 44.1 Å². The average molecular weight is 617 g/mol. The van der Waals surface area contributed by atoms with Crippen LogP contribution in [0.15, 0.2) is 68.0 Å². The summed E-state index contributed by atoms with van der Waals surface area (Å²) in [6.07, 6.45) is 1.06. The molecule has 35 heavy (non-hydrogen) atoms. The summed E-state index contributed by atoms with van der Waals surface area (Å²) in [5, 5.41) is 5.90. The van der Waals surface area contributed by atoms with Gasteiger partial charge in [-0.05, 0) is 88.5 Å². The number of rotatable bonds is 6. The highest BCUT2D eigenvalue weighted by atomic mass is 79.9. The van der Waals surface area contributed by atoms with E-state index in [0.717, 1.165) is 27.6 Å². The van der Waals surface area contributed by atoms with Crippen molar-refractivity contribution in [1.82, 2.24) is 10.3 Å². The Morgan fingerprint density at radius 2 is 1.97 bits per heavy atom. The molecule has 0 aliphatic rings. The number of thiocarbonyl (C=S) groups is 1. The Bertz CT molecular complexity index is 1420. The van der Waals surface area contributed by atoms with Crippen LogP contribution < -0.4 is 15.4 Å². The van der Waals surface area contributed by atoms with Crippen LogP contribution in [0.4, 0.5) is 5.69 Å². The number of halogens is 2. The van der Waals surface area contributed by atoms with E-state index in [2.05, 4.69) is 73.5 Å². The number of fused-ring (bicyclic) bond motifs is 1. The normalized spacial score (nSPS) is 11.8. The first kappa shape index (κ1) is 25.3. The van der Waals surface area contributed by atoms with E-state index in [0.29, 0.717) is 33.3 Å². The fraction of sp³-hybridized carbons (Fsp3) is 0.192. The molecule has 0 aliphatic carbocycles. The second-order valence-corrected chi connectivity index (χ2v) is 10.2. The Morgan fingerprint density at radius 1 is 1.17 bits per heavy atom. The summed E-state index contributed by atoms with van der Waals surface area (Å²) in [6, 6.07) is 17.1. The Hall–Kier alpha value is -2.75. The molecular formula is C26H23Br2N3O3S. The largest absolute Gasteiger partial charge is 0.495 e. The SMILES string of the molecule is CCC(C)c1ccc2oc(-c3cccc(NC(=S)NC(=O)c4cc(Br)cc(Br)c4OC)c3)nc2c1. The minimum Gasteiger partial charge on any atom is -0.495 e. The summed E-state index contributed by atoms with van der Waals surface area (Å²) in [5.41, 5.74) is 4.64. The number of oxazole rings is 1. The zero-order chi connectivity index (χ0) is 25.1. The summed E-state index contributed by atoms with van der Waals surface area (Å²) in [4.78, 5) is 17.5. The number of methoxy groups -OCH3 is 1. The van der Waals surface area contributed by atoms with Crippen LogP contribution in [-0.2, 0) is 0 Å². The molecule has 0 spiro atoms. The first-order valence-electron chi connectivity index (χ1n) is 10.9. The Balaban J connectivity index is 1.51. The van der Waals surface area contributed by atoms with Gasteiger partial charge in [-0.2, -0.15) is 0 Å². The highest BCUT2D eigenvalue weighted by molar-refractivity contribution is 9.11. The maximum absolute atomic E-state index is 12.8. The van der Waals surface area contributed by atoms with E-state index in [1.165, 1.54) is 12.7 Å². The zero-order valence-electron chi connectivity index (χ0n) is 19.3. The van der Waals surface area contributed by atoms with Crippen LogP contribution in [0.25, 0.3) is 22.6 Å². The van der Waals surface area contributed by atoms with E-state index in [1.54, 1.807) is 12.1 Å². The maximum Gasteiger partial charge on any atom is 0.261 e. The number of benzene rings is 3. The molecule has 0 saturated carbocycles. The summed E-state index contributed by atoms with van der Waals surface area (Å²) in [7, 11) is 1.50. The summed E-state index contributed by atoms with van der Waals surface area (Å²) >= 11 is 12.2. The van der Waals surface area contributed by atoms with Crippen LogP contribution in [0.5, 0.6) is 5.75 Å². The molecule has 0 bridgehead atoms. The summed E-state index contributed by atoms with van der Waals surface area (Å²) in [6.45, 7) is 4.37. The molecule has 0 saturated heterocycles.